The second-order valence-electron chi connectivity index (χ2n) is 6.92. The monoisotopic (exact) mass is 367 g/mol. The molecular weight excluding hydrogens is 342 g/mol. The lowest BCUT2D eigenvalue weighted by atomic mass is 10.0. The standard InChI is InChI=1S/C17H25N3O4S/c1-17(2,3)24-16(21)20(9-10-23-25)14-8-7-11-12(14)5-4-6-13(11)15(18)19-22/h4-6,14,22,25H,7-10H2,1-3H3,(H2,18,19)/t14-/m1/s1. The predicted molar refractivity (Wildman–Crippen MR) is 97.9 cm³/mol. The van der Waals surface area contributed by atoms with Crippen LogP contribution < -0.4 is 5.73 Å². The zero-order valence-corrected chi connectivity index (χ0v) is 15.6. The highest BCUT2D eigenvalue weighted by molar-refractivity contribution is 7.75. The van der Waals surface area contributed by atoms with E-state index in [0.717, 1.165) is 24.0 Å². The molecule has 3 N–H and O–H groups in total. The van der Waals surface area contributed by atoms with E-state index in [9.17, 15) is 4.79 Å². The summed E-state index contributed by atoms with van der Waals surface area (Å²) in [5.74, 6) is 0.0695. The number of thiol groups is 1. The zero-order chi connectivity index (χ0) is 18.6. The first kappa shape index (κ1) is 19.4. The topological polar surface area (TPSA) is 97.4 Å². The Kier molecular flexibility index (Phi) is 6.18. The Labute approximate surface area is 153 Å². The maximum absolute atomic E-state index is 12.7. The number of amides is 1. The average molecular weight is 367 g/mol. The number of benzene rings is 1. The van der Waals surface area contributed by atoms with Gasteiger partial charge in [-0.2, -0.15) is 0 Å². The molecule has 8 heteroatoms. The van der Waals surface area contributed by atoms with Crippen molar-refractivity contribution in [2.45, 2.75) is 45.3 Å². The van der Waals surface area contributed by atoms with Gasteiger partial charge in [0.15, 0.2) is 5.84 Å². The molecule has 0 radical (unpaired) electrons. The van der Waals surface area contributed by atoms with E-state index in [1.54, 1.807) is 4.90 Å². The van der Waals surface area contributed by atoms with Crippen LogP contribution in [-0.4, -0.2) is 40.8 Å². The SMILES string of the molecule is CC(C)(C)OC(=O)N(CCOS)[C@@H]1CCc2c(C(N)=NO)cccc21. The highest BCUT2D eigenvalue weighted by Crippen LogP contribution is 2.38. The normalized spacial score (nSPS) is 17.3. The van der Waals surface area contributed by atoms with Crippen LogP contribution in [0.1, 0.15) is 49.9 Å². The minimum atomic E-state index is -0.589. The van der Waals surface area contributed by atoms with E-state index in [2.05, 4.69) is 18.1 Å². The summed E-state index contributed by atoms with van der Waals surface area (Å²) in [7, 11) is 0. The van der Waals surface area contributed by atoms with Crippen LogP contribution in [0.5, 0.6) is 0 Å². The molecule has 0 aromatic heterocycles. The molecule has 0 saturated heterocycles. The number of amidine groups is 1. The Morgan fingerprint density at radius 3 is 2.80 bits per heavy atom. The van der Waals surface area contributed by atoms with Crippen molar-refractivity contribution in [3.63, 3.8) is 0 Å². The number of carbonyl (C=O) groups excluding carboxylic acids is 1. The van der Waals surface area contributed by atoms with Crippen LogP contribution in [0.2, 0.25) is 0 Å². The van der Waals surface area contributed by atoms with Gasteiger partial charge in [-0.05, 0) is 57.6 Å². The lowest BCUT2D eigenvalue weighted by Crippen LogP contribution is -2.40. The van der Waals surface area contributed by atoms with Crippen LogP contribution in [0.3, 0.4) is 0 Å². The fraction of sp³-hybridized carbons (Fsp3) is 0.529. The van der Waals surface area contributed by atoms with Crippen molar-refractivity contribution in [1.29, 1.82) is 0 Å². The van der Waals surface area contributed by atoms with Crippen LogP contribution in [0.25, 0.3) is 0 Å². The Morgan fingerprint density at radius 1 is 1.48 bits per heavy atom. The number of nitrogens with two attached hydrogens (primary N) is 1. The van der Waals surface area contributed by atoms with E-state index in [4.69, 9.17) is 19.9 Å². The first-order chi connectivity index (χ1) is 11.8. The van der Waals surface area contributed by atoms with Crippen molar-refractivity contribution in [2.75, 3.05) is 13.2 Å². The van der Waals surface area contributed by atoms with Gasteiger partial charge >= 0.3 is 6.09 Å². The number of nitrogens with zero attached hydrogens (tertiary/aromatic N) is 2. The first-order valence-corrected chi connectivity index (χ1v) is 8.50. The van der Waals surface area contributed by atoms with Crippen molar-refractivity contribution >= 4 is 24.8 Å². The maximum Gasteiger partial charge on any atom is 0.410 e. The van der Waals surface area contributed by atoms with E-state index in [1.807, 2.05) is 39.0 Å². The second-order valence-corrected chi connectivity index (χ2v) is 7.18. The van der Waals surface area contributed by atoms with Crippen LogP contribution in [0.4, 0.5) is 4.79 Å². The molecule has 2 rings (SSSR count). The van der Waals surface area contributed by atoms with Crippen molar-refractivity contribution in [3.8, 4) is 0 Å². The molecule has 1 aromatic rings. The van der Waals surface area contributed by atoms with Crippen LogP contribution in [0.15, 0.2) is 23.4 Å². The van der Waals surface area contributed by atoms with Crippen molar-refractivity contribution in [2.24, 2.45) is 10.9 Å². The van der Waals surface area contributed by atoms with Gasteiger partial charge in [0, 0.05) is 12.1 Å². The third-order valence-corrected chi connectivity index (χ3v) is 4.23. The van der Waals surface area contributed by atoms with Gasteiger partial charge in [0.05, 0.1) is 12.6 Å². The summed E-state index contributed by atoms with van der Waals surface area (Å²) < 4.78 is 10.4. The Morgan fingerprint density at radius 2 is 2.20 bits per heavy atom. The summed E-state index contributed by atoms with van der Waals surface area (Å²) in [5.41, 5.74) is 7.85. The van der Waals surface area contributed by atoms with Crippen molar-refractivity contribution in [1.82, 2.24) is 4.90 Å². The summed E-state index contributed by atoms with van der Waals surface area (Å²) >= 11 is 3.77. The molecule has 1 aliphatic rings. The highest BCUT2D eigenvalue weighted by atomic mass is 32.1. The molecule has 0 fully saturated rings. The lowest BCUT2D eigenvalue weighted by molar-refractivity contribution is 0.0135. The number of rotatable bonds is 5. The molecule has 0 saturated carbocycles. The van der Waals surface area contributed by atoms with Crippen molar-refractivity contribution < 1.29 is 18.9 Å². The highest BCUT2D eigenvalue weighted by Gasteiger charge is 2.34. The van der Waals surface area contributed by atoms with Gasteiger partial charge < -0.3 is 19.9 Å². The molecule has 25 heavy (non-hydrogen) atoms. The van der Waals surface area contributed by atoms with Gasteiger partial charge in [0.25, 0.3) is 0 Å². The van der Waals surface area contributed by atoms with Gasteiger partial charge in [0.1, 0.15) is 5.60 Å². The molecule has 0 bridgehead atoms. The average Bonchev–Trinajstić information content (AvgIpc) is 2.97. The van der Waals surface area contributed by atoms with E-state index < -0.39 is 11.7 Å². The molecule has 0 spiro atoms. The third kappa shape index (κ3) is 4.58. The zero-order valence-electron chi connectivity index (χ0n) is 14.7. The van der Waals surface area contributed by atoms with Crippen LogP contribution in [0, 0.1) is 0 Å². The van der Waals surface area contributed by atoms with Gasteiger partial charge in [0.2, 0.25) is 0 Å². The summed E-state index contributed by atoms with van der Waals surface area (Å²) in [6.45, 7) is 6.14. The Hall–Kier alpha value is -1.93. The van der Waals surface area contributed by atoms with E-state index in [1.165, 1.54) is 0 Å². The Balaban J connectivity index is 2.34. The van der Waals surface area contributed by atoms with E-state index in [-0.39, 0.29) is 18.5 Å². The Bertz CT molecular complexity index is 658. The summed E-state index contributed by atoms with van der Waals surface area (Å²) in [6.07, 6.45) is 1.06. The molecule has 0 unspecified atom stereocenters. The molecule has 1 amide bonds. The number of hydrogen-bond acceptors (Lipinski definition) is 6. The van der Waals surface area contributed by atoms with Crippen LogP contribution in [-0.2, 0) is 15.3 Å². The minimum Gasteiger partial charge on any atom is -0.444 e. The third-order valence-electron chi connectivity index (χ3n) is 4.05. The van der Waals surface area contributed by atoms with Crippen LogP contribution >= 0.6 is 12.9 Å². The van der Waals surface area contributed by atoms with Gasteiger partial charge in [-0.15, -0.1) is 0 Å². The molecule has 1 aliphatic carbocycles. The number of fused-ring (bicyclic) bond motifs is 1. The molecule has 1 aromatic carbocycles. The number of hydrogen-bond donors (Lipinski definition) is 3. The number of carbonyl (C=O) groups is 1. The molecular formula is C17H25N3O4S. The summed E-state index contributed by atoms with van der Waals surface area (Å²) in [6, 6.07) is 5.46. The first-order valence-electron chi connectivity index (χ1n) is 8.14. The quantitative estimate of drug-likeness (QED) is 0.186. The molecule has 138 valence electrons. The van der Waals surface area contributed by atoms with Gasteiger partial charge in [-0.25, -0.2) is 4.79 Å². The molecule has 0 aliphatic heterocycles. The van der Waals surface area contributed by atoms with Gasteiger partial charge in [-0.1, -0.05) is 23.4 Å². The van der Waals surface area contributed by atoms with E-state index in [0.29, 0.717) is 12.1 Å². The smallest absolute Gasteiger partial charge is 0.410 e. The number of ether oxygens (including phenoxy) is 1. The molecule has 1 atom stereocenters. The summed E-state index contributed by atoms with van der Waals surface area (Å²) in [4.78, 5) is 14.3. The van der Waals surface area contributed by atoms with Gasteiger partial charge in [-0.3, -0.25) is 4.90 Å². The predicted octanol–water partition coefficient (Wildman–Crippen LogP) is 2.87. The number of oxime groups is 1. The molecule has 0 heterocycles. The largest absolute Gasteiger partial charge is 0.444 e. The lowest BCUT2D eigenvalue weighted by Gasteiger charge is -2.32. The minimum absolute atomic E-state index is 0.0695. The maximum atomic E-state index is 12.7. The molecule has 7 nitrogen and oxygen atoms in total. The van der Waals surface area contributed by atoms with E-state index >= 15 is 0 Å². The fourth-order valence-corrected chi connectivity index (χ4v) is 3.17. The van der Waals surface area contributed by atoms with Crippen molar-refractivity contribution in [3.05, 3.63) is 34.9 Å². The second kappa shape index (κ2) is 7.97. The summed E-state index contributed by atoms with van der Waals surface area (Å²) in [5, 5.41) is 12.1. The fourth-order valence-electron chi connectivity index (χ4n) is 3.08.